The summed E-state index contributed by atoms with van der Waals surface area (Å²) in [5.74, 6) is -2.39. The molecule has 0 unspecified atom stereocenters. The average molecular weight is 482 g/mol. The maximum Gasteiger partial charge on any atom is 0.303 e. The van der Waals surface area contributed by atoms with Crippen LogP contribution in [0.2, 0.25) is 0 Å². The molecule has 1 fully saturated rings. The second kappa shape index (κ2) is 11.8. The lowest BCUT2D eigenvalue weighted by molar-refractivity contribution is -0.183. The molecule has 0 spiro atoms. The molecule has 0 aromatic heterocycles. The molecule has 0 bridgehead atoms. The molecule has 1 aromatic carbocycles. The van der Waals surface area contributed by atoms with Crippen molar-refractivity contribution in [2.45, 2.75) is 60.7 Å². The summed E-state index contributed by atoms with van der Waals surface area (Å²) in [6, 6.07) is 8.83. The van der Waals surface area contributed by atoms with Crippen LogP contribution < -0.4 is 0 Å². The van der Waals surface area contributed by atoms with E-state index >= 15 is 0 Å². The Morgan fingerprint density at radius 2 is 1.41 bits per heavy atom. The first kappa shape index (κ1) is 25.5. The number of esters is 4. The van der Waals surface area contributed by atoms with E-state index in [2.05, 4.69) is 0 Å². The molecule has 2 rings (SSSR count). The Bertz CT molecular complexity index is 898. The molecule has 1 heterocycles. The topological polar surface area (TPSA) is 129 Å². The lowest BCUT2D eigenvalue weighted by Crippen LogP contribution is -2.57. The molecule has 0 amide bonds. The molecular weight excluding hydrogens is 458 g/mol. The van der Waals surface area contributed by atoms with Crippen LogP contribution in [0.1, 0.15) is 33.3 Å². The number of benzene rings is 1. The van der Waals surface area contributed by atoms with Gasteiger partial charge in [-0.15, -0.1) is 23.5 Å². The Labute approximate surface area is 194 Å². The van der Waals surface area contributed by atoms with Crippen molar-refractivity contribution in [2.75, 3.05) is 6.61 Å². The second-order valence-corrected chi connectivity index (χ2v) is 9.72. The predicted octanol–water partition coefficient (Wildman–Crippen LogP) is 2.45. The molecule has 11 heteroatoms. The molecule has 1 saturated heterocycles. The van der Waals surface area contributed by atoms with Gasteiger partial charge in [-0.25, -0.2) is 0 Å². The van der Waals surface area contributed by atoms with Gasteiger partial charge >= 0.3 is 23.9 Å². The van der Waals surface area contributed by atoms with E-state index < -0.39 is 52.0 Å². The van der Waals surface area contributed by atoms with Gasteiger partial charge in [-0.3, -0.25) is 19.2 Å². The number of nitrogens with zero attached hydrogens (tertiary/aromatic N) is 1. The summed E-state index contributed by atoms with van der Waals surface area (Å²) in [5.41, 5.74) is 0.489. The quantitative estimate of drug-likeness (QED) is 0.420. The van der Waals surface area contributed by atoms with Gasteiger partial charge in [0.25, 0.3) is 0 Å². The average Bonchev–Trinajstić information content (AvgIpc) is 2.70. The van der Waals surface area contributed by atoms with E-state index in [1.807, 2.05) is 6.07 Å². The number of hydrogen-bond acceptors (Lipinski definition) is 11. The van der Waals surface area contributed by atoms with Crippen molar-refractivity contribution in [3.8, 4) is 6.07 Å². The van der Waals surface area contributed by atoms with Crippen LogP contribution in [-0.4, -0.2) is 58.6 Å². The van der Waals surface area contributed by atoms with Crippen LogP contribution in [0.25, 0.3) is 0 Å². The van der Waals surface area contributed by atoms with E-state index in [0.29, 0.717) is 5.56 Å². The second-order valence-electron chi connectivity index (χ2n) is 6.82. The van der Waals surface area contributed by atoms with Crippen LogP contribution in [-0.2, 0) is 38.1 Å². The third kappa shape index (κ3) is 7.46. The smallest absolute Gasteiger partial charge is 0.303 e. The minimum absolute atomic E-state index is 0.104. The third-order valence-electron chi connectivity index (χ3n) is 4.18. The molecule has 0 radical (unpaired) electrons. The van der Waals surface area contributed by atoms with Gasteiger partial charge in [-0.1, -0.05) is 0 Å². The summed E-state index contributed by atoms with van der Waals surface area (Å²) in [6.07, 6.45) is -3.08. The fourth-order valence-corrected chi connectivity index (χ4v) is 6.14. The van der Waals surface area contributed by atoms with Crippen molar-refractivity contribution in [3.63, 3.8) is 0 Å². The number of thioether (sulfide) groups is 2. The number of carbonyl (C=O) groups is 4. The predicted molar refractivity (Wildman–Crippen MR) is 115 cm³/mol. The Hall–Kier alpha value is -2.71. The first-order valence-corrected chi connectivity index (χ1v) is 11.4. The molecule has 1 aliphatic rings. The van der Waals surface area contributed by atoms with Gasteiger partial charge in [-0.05, 0) is 24.3 Å². The van der Waals surface area contributed by atoms with Crippen molar-refractivity contribution in [1.29, 1.82) is 5.26 Å². The molecule has 32 heavy (non-hydrogen) atoms. The number of rotatable bonds is 7. The van der Waals surface area contributed by atoms with E-state index in [1.54, 1.807) is 24.3 Å². The SMILES string of the molecule is CC(=O)OC[C@H]1S[C@@H](Sc2ccc(C#N)cc2)[C@H](OC(C)=O)[C@@H](OC(C)=O)[C@@H]1OC(C)=O. The normalized spacial score (nSPS) is 24.5. The van der Waals surface area contributed by atoms with Crippen molar-refractivity contribution < 1.29 is 38.1 Å². The summed E-state index contributed by atoms with van der Waals surface area (Å²) >= 11 is 2.61. The van der Waals surface area contributed by atoms with Gasteiger partial charge in [-0.2, -0.15) is 5.26 Å². The summed E-state index contributed by atoms with van der Waals surface area (Å²) in [6.45, 7) is 4.78. The molecule has 0 aliphatic carbocycles. The highest BCUT2D eigenvalue weighted by molar-refractivity contribution is 8.17. The Morgan fingerprint density at radius 1 is 0.875 bits per heavy atom. The van der Waals surface area contributed by atoms with E-state index in [9.17, 15) is 19.2 Å². The van der Waals surface area contributed by atoms with Crippen molar-refractivity contribution in [1.82, 2.24) is 0 Å². The van der Waals surface area contributed by atoms with Crippen LogP contribution >= 0.6 is 23.5 Å². The summed E-state index contributed by atoms with van der Waals surface area (Å²) in [5, 5.41) is 8.41. The number of carbonyl (C=O) groups excluding carboxylic acids is 4. The fourth-order valence-electron chi connectivity index (χ4n) is 3.03. The third-order valence-corrected chi connectivity index (χ3v) is 7.14. The lowest BCUT2D eigenvalue weighted by atomic mass is 10.0. The molecule has 0 saturated carbocycles. The van der Waals surface area contributed by atoms with E-state index in [1.165, 1.54) is 51.2 Å². The van der Waals surface area contributed by atoms with Crippen LogP contribution in [0.5, 0.6) is 0 Å². The molecule has 1 aromatic rings. The van der Waals surface area contributed by atoms with Gasteiger partial charge in [0.1, 0.15) is 6.61 Å². The van der Waals surface area contributed by atoms with Crippen LogP contribution in [0.15, 0.2) is 29.2 Å². The van der Waals surface area contributed by atoms with Crippen LogP contribution in [0, 0.1) is 11.3 Å². The Kier molecular flexibility index (Phi) is 9.41. The van der Waals surface area contributed by atoms with Gasteiger partial charge in [0.05, 0.1) is 21.5 Å². The zero-order chi connectivity index (χ0) is 23.8. The minimum Gasteiger partial charge on any atom is -0.465 e. The van der Waals surface area contributed by atoms with E-state index in [4.69, 9.17) is 24.2 Å². The summed E-state index contributed by atoms with van der Waals surface area (Å²) in [4.78, 5) is 47.6. The Morgan fingerprint density at radius 3 is 1.91 bits per heavy atom. The highest BCUT2D eigenvalue weighted by Crippen LogP contribution is 2.45. The standard InChI is InChI=1S/C21H23NO8S2/c1-11(23)27-10-17-18(28-12(2)24)19(29-13(3)25)20(30-14(4)26)21(32-17)31-16-7-5-15(9-22)6-8-16/h5-8,17-21H,10H2,1-4H3/t17-,18-,19+,20-,21-/m1/s1. The molecule has 0 N–H and O–H groups in total. The van der Waals surface area contributed by atoms with Crippen LogP contribution in [0.4, 0.5) is 0 Å². The van der Waals surface area contributed by atoms with Crippen LogP contribution in [0.3, 0.4) is 0 Å². The van der Waals surface area contributed by atoms with Gasteiger partial charge < -0.3 is 18.9 Å². The highest BCUT2D eigenvalue weighted by atomic mass is 32.2. The van der Waals surface area contributed by atoms with Crippen molar-refractivity contribution in [3.05, 3.63) is 29.8 Å². The largest absolute Gasteiger partial charge is 0.465 e. The monoisotopic (exact) mass is 481 g/mol. The van der Waals surface area contributed by atoms with Gasteiger partial charge in [0.15, 0.2) is 18.3 Å². The number of ether oxygens (including phenoxy) is 4. The summed E-state index contributed by atoms with van der Waals surface area (Å²) < 4.78 is 21.0. The molecular formula is C21H23NO8S2. The van der Waals surface area contributed by atoms with Gasteiger partial charge in [0, 0.05) is 32.6 Å². The maximum absolute atomic E-state index is 11.9. The van der Waals surface area contributed by atoms with Crippen molar-refractivity contribution >= 4 is 47.4 Å². The Balaban J connectivity index is 2.43. The van der Waals surface area contributed by atoms with Gasteiger partial charge in [0.2, 0.25) is 0 Å². The van der Waals surface area contributed by atoms with E-state index in [0.717, 1.165) is 4.90 Å². The molecule has 1 aliphatic heterocycles. The van der Waals surface area contributed by atoms with E-state index in [-0.39, 0.29) is 6.61 Å². The number of nitriles is 1. The zero-order valence-corrected chi connectivity index (χ0v) is 19.6. The van der Waals surface area contributed by atoms with Crippen molar-refractivity contribution in [2.24, 2.45) is 0 Å². The lowest BCUT2D eigenvalue weighted by Gasteiger charge is -2.43. The first-order valence-electron chi connectivity index (χ1n) is 9.58. The zero-order valence-electron chi connectivity index (χ0n) is 17.9. The first-order chi connectivity index (χ1) is 15.1. The fraction of sp³-hybridized carbons (Fsp3) is 0.476. The molecule has 172 valence electrons. The molecule has 9 nitrogen and oxygen atoms in total. The highest BCUT2D eigenvalue weighted by Gasteiger charge is 2.52. The maximum atomic E-state index is 11.9. The molecule has 5 atom stereocenters. The minimum atomic E-state index is -1.11. The number of hydrogen-bond donors (Lipinski definition) is 0. The summed E-state index contributed by atoms with van der Waals surface area (Å²) in [7, 11) is 0.